The van der Waals surface area contributed by atoms with Crippen LogP contribution in [0.15, 0.2) is 58.6 Å². The number of halogens is 1. The number of amides is 2. The summed E-state index contributed by atoms with van der Waals surface area (Å²) in [7, 11) is -0.0169. The van der Waals surface area contributed by atoms with Gasteiger partial charge in [0.05, 0.1) is 43.6 Å². The van der Waals surface area contributed by atoms with Crippen LogP contribution in [0.3, 0.4) is 0 Å². The van der Waals surface area contributed by atoms with Crippen molar-refractivity contribution in [2.75, 3.05) is 27.1 Å². The van der Waals surface area contributed by atoms with E-state index >= 15 is 0 Å². The van der Waals surface area contributed by atoms with Crippen molar-refractivity contribution in [1.82, 2.24) is 10.6 Å². The summed E-state index contributed by atoms with van der Waals surface area (Å²) < 4.78 is 41.5. The second-order valence-electron chi connectivity index (χ2n) is 6.75. The highest BCUT2D eigenvalue weighted by atomic mass is 35.5. The molecule has 32 heavy (non-hydrogen) atoms. The Labute approximate surface area is 190 Å². The lowest BCUT2D eigenvalue weighted by Crippen LogP contribution is -2.47. The lowest BCUT2D eigenvalue weighted by atomic mass is 9.95. The lowest BCUT2D eigenvalue weighted by Gasteiger charge is -2.29. The van der Waals surface area contributed by atoms with E-state index in [2.05, 4.69) is 10.6 Å². The Kier molecular flexibility index (Phi) is 6.95. The van der Waals surface area contributed by atoms with E-state index in [0.717, 1.165) is 0 Å². The Morgan fingerprint density at radius 1 is 1.06 bits per heavy atom. The summed E-state index contributed by atoms with van der Waals surface area (Å²) >= 11 is 6.06. The number of methoxy groups -OCH3 is 3. The monoisotopic (exact) mass is 480 g/mol. The molecule has 1 unspecified atom stereocenters. The average Bonchev–Trinajstić information content (AvgIpc) is 2.77. The largest absolute Gasteiger partial charge is 0.493 e. The number of carbonyl (C=O) groups excluding carboxylic acids is 2. The maximum absolute atomic E-state index is 13.2. The SMILES string of the molecule is COC(=O)C1=C(CS(=O)(=O)c2ccc(OC)c(OC)c2)NC(=O)NC1c1cccc(Cl)c1. The molecule has 1 heterocycles. The Hall–Kier alpha value is -3.24. The van der Waals surface area contributed by atoms with E-state index < -0.39 is 33.6 Å². The summed E-state index contributed by atoms with van der Waals surface area (Å²) in [5.41, 5.74) is 0.354. The molecule has 11 heteroatoms. The van der Waals surface area contributed by atoms with Crippen LogP contribution in [0.5, 0.6) is 11.5 Å². The first-order valence-electron chi connectivity index (χ1n) is 9.29. The molecule has 3 rings (SSSR count). The highest BCUT2D eigenvalue weighted by Crippen LogP contribution is 2.33. The smallest absolute Gasteiger partial charge is 0.338 e. The van der Waals surface area contributed by atoms with Crippen LogP contribution in [0.2, 0.25) is 5.02 Å². The number of urea groups is 1. The second-order valence-corrected chi connectivity index (χ2v) is 9.17. The highest BCUT2D eigenvalue weighted by Gasteiger charge is 2.35. The number of carbonyl (C=O) groups is 2. The topological polar surface area (TPSA) is 120 Å². The number of hydrogen-bond donors (Lipinski definition) is 2. The first-order valence-corrected chi connectivity index (χ1v) is 11.3. The van der Waals surface area contributed by atoms with Crippen LogP contribution in [0.25, 0.3) is 0 Å². The summed E-state index contributed by atoms with van der Waals surface area (Å²) in [4.78, 5) is 24.9. The average molecular weight is 481 g/mol. The molecule has 2 amide bonds. The molecular formula is C21H21ClN2O7S. The fraction of sp³-hybridized carbons (Fsp3) is 0.238. The molecule has 0 bridgehead atoms. The molecule has 0 fully saturated rings. The maximum atomic E-state index is 13.2. The highest BCUT2D eigenvalue weighted by molar-refractivity contribution is 7.91. The third-order valence-corrected chi connectivity index (χ3v) is 6.67. The van der Waals surface area contributed by atoms with Crippen LogP contribution in [-0.4, -0.2) is 47.5 Å². The molecule has 2 aromatic carbocycles. The Bertz CT molecular complexity index is 1190. The molecule has 1 aliphatic rings. The number of benzene rings is 2. The van der Waals surface area contributed by atoms with Gasteiger partial charge in [0, 0.05) is 16.8 Å². The van der Waals surface area contributed by atoms with Crippen molar-refractivity contribution >= 4 is 33.4 Å². The molecule has 0 saturated heterocycles. The zero-order valence-corrected chi connectivity index (χ0v) is 19.0. The van der Waals surface area contributed by atoms with Gasteiger partial charge in [-0.1, -0.05) is 23.7 Å². The van der Waals surface area contributed by atoms with E-state index in [0.29, 0.717) is 16.3 Å². The minimum Gasteiger partial charge on any atom is -0.493 e. The van der Waals surface area contributed by atoms with E-state index in [1.165, 1.54) is 39.5 Å². The van der Waals surface area contributed by atoms with Crippen molar-refractivity contribution in [2.24, 2.45) is 0 Å². The van der Waals surface area contributed by atoms with Gasteiger partial charge in [0.2, 0.25) is 0 Å². The zero-order valence-electron chi connectivity index (χ0n) is 17.5. The summed E-state index contributed by atoms with van der Waals surface area (Å²) in [5.74, 6) is -0.865. The first-order chi connectivity index (χ1) is 15.2. The molecule has 1 atom stereocenters. The van der Waals surface area contributed by atoms with Crippen LogP contribution in [0.4, 0.5) is 4.79 Å². The number of sulfone groups is 1. The van der Waals surface area contributed by atoms with Crippen LogP contribution < -0.4 is 20.1 Å². The standard InChI is InChI=1S/C21H21ClN2O7S/c1-29-16-8-7-14(10-17(16)30-2)32(27,28)11-15-18(20(25)31-3)19(24-21(26)23-15)12-5-4-6-13(22)9-12/h4-10,19H,11H2,1-3H3,(H2,23,24,26). The molecule has 0 radical (unpaired) electrons. The third kappa shape index (κ3) is 4.81. The molecular weight excluding hydrogens is 460 g/mol. The number of nitrogens with one attached hydrogen (secondary N) is 2. The normalized spacial score (nSPS) is 16.1. The van der Waals surface area contributed by atoms with E-state index in [4.69, 9.17) is 25.8 Å². The van der Waals surface area contributed by atoms with Crippen molar-refractivity contribution in [3.05, 3.63) is 64.3 Å². The molecule has 0 saturated carbocycles. The van der Waals surface area contributed by atoms with Crippen molar-refractivity contribution in [3.63, 3.8) is 0 Å². The van der Waals surface area contributed by atoms with Crippen LogP contribution in [0.1, 0.15) is 11.6 Å². The minimum absolute atomic E-state index is 0.0431. The summed E-state index contributed by atoms with van der Waals surface area (Å²) in [6.45, 7) is 0. The van der Waals surface area contributed by atoms with Gasteiger partial charge in [-0.2, -0.15) is 0 Å². The number of esters is 1. The second kappa shape index (κ2) is 9.49. The van der Waals surface area contributed by atoms with Gasteiger partial charge in [-0.05, 0) is 29.8 Å². The van der Waals surface area contributed by atoms with Crippen molar-refractivity contribution in [3.8, 4) is 11.5 Å². The first kappa shape index (κ1) is 23.4. The van der Waals surface area contributed by atoms with Gasteiger partial charge < -0.3 is 24.8 Å². The number of hydrogen-bond acceptors (Lipinski definition) is 7. The summed E-state index contributed by atoms with van der Waals surface area (Å²) in [6.07, 6.45) is 0. The van der Waals surface area contributed by atoms with Crippen molar-refractivity contribution in [1.29, 1.82) is 0 Å². The van der Waals surface area contributed by atoms with Gasteiger partial charge in [0.1, 0.15) is 0 Å². The van der Waals surface area contributed by atoms with Crippen molar-refractivity contribution < 1.29 is 32.2 Å². The molecule has 0 aromatic heterocycles. The van der Waals surface area contributed by atoms with Gasteiger partial charge in [-0.25, -0.2) is 18.0 Å². The van der Waals surface area contributed by atoms with E-state index in [1.807, 2.05) is 0 Å². The van der Waals surface area contributed by atoms with Gasteiger partial charge in [0.15, 0.2) is 21.3 Å². The molecule has 2 N–H and O–H groups in total. The predicted octanol–water partition coefficient (Wildman–Crippen LogP) is 2.61. The lowest BCUT2D eigenvalue weighted by molar-refractivity contribution is -0.136. The third-order valence-electron chi connectivity index (χ3n) is 4.79. The van der Waals surface area contributed by atoms with Crippen molar-refractivity contribution in [2.45, 2.75) is 10.9 Å². The quantitative estimate of drug-likeness (QED) is 0.584. The van der Waals surface area contributed by atoms with Gasteiger partial charge in [0.25, 0.3) is 0 Å². The summed E-state index contributed by atoms with van der Waals surface area (Å²) in [5, 5.41) is 5.44. The molecule has 1 aliphatic heterocycles. The Morgan fingerprint density at radius 3 is 2.41 bits per heavy atom. The molecule has 0 aliphatic carbocycles. The number of ether oxygens (including phenoxy) is 3. The summed E-state index contributed by atoms with van der Waals surface area (Å²) in [6, 6.07) is 9.02. The van der Waals surface area contributed by atoms with E-state index in [1.54, 1.807) is 24.3 Å². The van der Waals surface area contributed by atoms with Gasteiger partial charge in [-0.15, -0.1) is 0 Å². The van der Waals surface area contributed by atoms with Gasteiger partial charge in [-0.3, -0.25) is 0 Å². The fourth-order valence-electron chi connectivity index (χ4n) is 3.30. The van der Waals surface area contributed by atoms with E-state index in [9.17, 15) is 18.0 Å². The molecule has 170 valence electrons. The predicted molar refractivity (Wildman–Crippen MR) is 117 cm³/mol. The van der Waals surface area contributed by atoms with Crippen LogP contribution in [-0.2, 0) is 19.4 Å². The molecule has 0 spiro atoms. The Morgan fingerprint density at radius 2 is 1.78 bits per heavy atom. The van der Waals surface area contributed by atoms with Gasteiger partial charge >= 0.3 is 12.0 Å². The number of rotatable bonds is 7. The molecule has 9 nitrogen and oxygen atoms in total. The molecule has 2 aromatic rings. The van der Waals surface area contributed by atoms with Crippen LogP contribution >= 0.6 is 11.6 Å². The minimum atomic E-state index is -4.00. The Balaban J connectivity index is 2.09. The van der Waals surface area contributed by atoms with Crippen LogP contribution in [0, 0.1) is 0 Å². The maximum Gasteiger partial charge on any atom is 0.338 e. The zero-order chi connectivity index (χ0) is 23.5. The fourth-order valence-corrected chi connectivity index (χ4v) is 4.84. The van der Waals surface area contributed by atoms with E-state index in [-0.39, 0.29) is 21.9 Å².